The molecule has 2 aromatic carbocycles. The number of carbonyl (C=O) groups is 3. The van der Waals surface area contributed by atoms with Gasteiger partial charge in [0.15, 0.2) is 0 Å². The predicted octanol–water partition coefficient (Wildman–Crippen LogP) is 2.95. The Kier molecular flexibility index (Phi) is 3.31. The molecule has 2 amide bonds. The van der Waals surface area contributed by atoms with E-state index in [1.807, 2.05) is 0 Å². The monoisotopic (exact) mass is 299 g/mol. The molecular formula is C16H10ClNO3. The summed E-state index contributed by atoms with van der Waals surface area (Å²) in [5.74, 6) is -0.736. The van der Waals surface area contributed by atoms with Crippen LogP contribution in [-0.4, -0.2) is 23.0 Å². The lowest BCUT2D eigenvalue weighted by Crippen LogP contribution is -2.29. The van der Waals surface area contributed by atoms with Crippen molar-refractivity contribution in [1.82, 2.24) is 4.90 Å². The summed E-state index contributed by atoms with van der Waals surface area (Å²) in [6.07, 6.45) is 0.666. The summed E-state index contributed by atoms with van der Waals surface area (Å²) in [7, 11) is 0. The van der Waals surface area contributed by atoms with Gasteiger partial charge in [0.25, 0.3) is 11.8 Å². The molecule has 0 atom stereocenters. The van der Waals surface area contributed by atoms with Crippen molar-refractivity contribution in [3.63, 3.8) is 0 Å². The molecule has 0 N–H and O–H groups in total. The minimum atomic E-state index is -0.368. The van der Waals surface area contributed by atoms with Crippen LogP contribution in [0.2, 0.25) is 5.02 Å². The summed E-state index contributed by atoms with van der Waals surface area (Å²) in [5, 5.41) is 0.358. The zero-order valence-corrected chi connectivity index (χ0v) is 11.6. The second-order valence-corrected chi connectivity index (χ2v) is 5.07. The molecule has 0 fully saturated rings. The highest BCUT2D eigenvalue weighted by Crippen LogP contribution is 2.27. The van der Waals surface area contributed by atoms with Crippen molar-refractivity contribution in [1.29, 1.82) is 0 Å². The second-order valence-electron chi connectivity index (χ2n) is 4.67. The highest BCUT2D eigenvalue weighted by molar-refractivity contribution is 6.31. The Bertz CT molecular complexity index is 735. The van der Waals surface area contributed by atoms with E-state index < -0.39 is 0 Å². The molecule has 1 heterocycles. The van der Waals surface area contributed by atoms with Crippen molar-refractivity contribution < 1.29 is 14.4 Å². The fourth-order valence-electron chi connectivity index (χ4n) is 2.39. The van der Waals surface area contributed by atoms with Crippen molar-refractivity contribution >= 4 is 29.7 Å². The molecule has 0 spiro atoms. The molecule has 0 unspecified atom stereocenters. The molecule has 0 radical (unpaired) electrons. The van der Waals surface area contributed by atoms with Crippen LogP contribution in [0.5, 0.6) is 0 Å². The normalized spacial score (nSPS) is 13.5. The fraction of sp³-hybridized carbons (Fsp3) is 0.0625. The second kappa shape index (κ2) is 5.14. The molecule has 3 rings (SSSR count). The first-order valence-electron chi connectivity index (χ1n) is 6.31. The number of halogens is 1. The van der Waals surface area contributed by atoms with Gasteiger partial charge < -0.3 is 0 Å². The number of hydrogen-bond donors (Lipinski definition) is 0. The third-order valence-corrected chi connectivity index (χ3v) is 3.83. The van der Waals surface area contributed by atoms with Crippen LogP contribution in [0.1, 0.15) is 36.6 Å². The number of aldehydes is 1. The third kappa shape index (κ3) is 2.14. The van der Waals surface area contributed by atoms with Crippen LogP contribution in [0, 0.1) is 0 Å². The summed E-state index contributed by atoms with van der Waals surface area (Å²) < 4.78 is 0. The lowest BCUT2D eigenvalue weighted by molar-refractivity contribution is 0.0641. The molecule has 0 bridgehead atoms. The minimum Gasteiger partial charge on any atom is -0.298 e. The number of amides is 2. The van der Waals surface area contributed by atoms with Crippen LogP contribution < -0.4 is 0 Å². The Morgan fingerprint density at radius 1 is 0.952 bits per heavy atom. The van der Waals surface area contributed by atoms with E-state index in [-0.39, 0.29) is 18.4 Å². The van der Waals surface area contributed by atoms with E-state index >= 15 is 0 Å². The lowest BCUT2D eigenvalue weighted by Gasteiger charge is -2.16. The summed E-state index contributed by atoms with van der Waals surface area (Å²) in [4.78, 5) is 36.8. The molecule has 1 aliphatic rings. The molecular weight excluding hydrogens is 290 g/mol. The van der Waals surface area contributed by atoms with Gasteiger partial charge in [-0.3, -0.25) is 19.3 Å². The molecule has 0 saturated carbocycles. The molecule has 104 valence electrons. The number of rotatable bonds is 3. The quantitative estimate of drug-likeness (QED) is 0.647. The molecule has 0 aliphatic carbocycles. The van der Waals surface area contributed by atoms with Gasteiger partial charge in [-0.05, 0) is 18.2 Å². The fourth-order valence-corrected chi connectivity index (χ4v) is 2.64. The largest absolute Gasteiger partial charge is 0.298 e. The molecule has 21 heavy (non-hydrogen) atoms. The highest BCUT2D eigenvalue weighted by Gasteiger charge is 2.35. The molecule has 5 heteroatoms. The number of carbonyl (C=O) groups excluding carboxylic acids is 3. The molecule has 2 aromatic rings. The molecule has 0 saturated heterocycles. The van der Waals surface area contributed by atoms with Gasteiger partial charge in [0.05, 0.1) is 17.7 Å². The van der Waals surface area contributed by atoms with Gasteiger partial charge in [0.1, 0.15) is 6.29 Å². The standard InChI is InChI=1S/C16H10ClNO3/c17-14-7-3-4-10(9-19)13(14)8-18-15(20)11-5-1-2-6-12(11)16(18)21/h1-7,9H,8H2. The van der Waals surface area contributed by atoms with E-state index in [2.05, 4.69) is 0 Å². The zero-order chi connectivity index (χ0) is 15.0. The Balaban J connectivity index is 2.00. The van der Waals surface area contributed by atoms with Crippen LogP contribution in [0.25, 0.3) is 0 Å². The van der Waals surface area contributed by atoms with Gasteiger partial charge in [-0.2, -0.15) is 0 Å². The topological polar surface area (TPSA) is 54.5 Å². The Hall–Kier alpha value is -2.46. The summed E-state index contributed by atoms with van der Waals surface area (Å²) >= 11 is 6.09. The van der Waals surface area contributed by atoms with Crippen LogP contribution in [0.4, 0.5) is 0 Å². The average molecular weight is 300 g/mol. The SMILES string of the molecule is O=Cc1cccc(Cl)c1CN1C(=O)c2ccccc2C1=O. The number of hydrogen-bond acceptors (Lipinski definition) is 3. The van der Waals surface area contributed by atoms with Gasteiger partial charge in [-0.25, -0.2) is 0 Å². The molecule has 1 aliphatic heterocycles. The molecule has 0 aromatic heterocycles. The van der Waals surface area contributed by atoms with E-state index in [4.69, 9.17) is 11.6 Å². The van der Waals surface area contributed by atoms with Gasteiger partial charge in [0.2, 0.25) is 0 Å². The van der Waals surface area contributed by atoms with Crippen molar-refractivity contribution in [3.8, 4) is 0 Å². The smallest absolute Gasteiger partial charge is 0.261 e. The first-order chi connectivity index (χ1) is 10.1. The van der Waals surface area contributed by atoms with Gasteiger partial charge in [0, 0.05) is 16.1 Å². The van der Waals surface area contributed by atoms with Crippen molar-refractivity contribution in [3.05, 3.63) is 69.7 Å². The van der Waals surface area contributed by atoms with Crippen molar-refractivity contribution in [2.45, 2.75) is 6.54 Å². The van der Waals surface area contributed by atoms with E-state index in [1.54, 1.807) is 42.5 Å². The van der Waals surface area contributed by atoms with E-state index in [0.717, 1.165) is 4.90 Å². The van der Waals surface area contributed by atoms with Gasteiger partial charge in [-0.1, -0.05) is 35.9 Å². The van der Waals surface area contributed by atoms with Crippen LogP contribution >= 0.6 is 11.6 Å². The number of benzene rings is 2. The average Bonchev–Trinajstić information content (AvgIpc) is 2.74. The molecule has 4 nitrogen and oxygen atoms in total. The highest BCUT2D eigenvalue weighted by atomic mass is 35.5. The van der Waals surface area contributed by atoms with Crippen LogP contribution in [0.3, 0.4) is 0 Å². The van der Waals surface area contributed by atoms with Crippen LogP contribution in [-0.2, 0) is 6.54 Å². The van der Waals surface area contributed by atoms with Crippen molar-refractivity contribution in [2.24, 2.45) is 0 Å². The number of fused-ring (bicyclic) bond motifs is 1. The van der Waals surface area contributed by atoms with Gasteiger partial charge >= 0.3 is 0 Å². The first-order valence-corrected chi connectivity index (χ1v) is 6.69. The van der Waals surface area contributed by atoms with E-state index in [0.29, 0.717) is 33.6 Å². The van der Waals surface area contributed by atoms with Gasteiger partial charge in [-0.15, -0.1) is 0 Å². The van der Waals surface area contributed by atoms with Crippen LogP contribution in [0.15, 0.2) is 42.5 Å². The minimum absolute atomic E-state index is 0.0138. The lowest BCUT2D eigenvalue weighted by atomic mass is 10.1. The Morgan fingerprint density at radius 3 is 2.14 bits per heavy atom. The maximum Gasteiger partial charge on any atom is 0.261 e. The predicted molar refractivity (Wildman–Crippen MR) is 77.5 cm³/mol. The first kappa shape index (κ1) is 13.5. The Morgan fingerprint density at radius 2 is 1.57 bits per heavy atom. The summed E-state index contributed by atoms with van der Waals surface area (Å²) in [6, 6.07) is 11.5. The Labute approximate surface area is 125 Å². The number of nitrogens with zero attached hydrogens (tertiary/aromatic N) is 1. The maximum absolute atomic E-state index is 12.3. The van der Waals surface area contributed by atoms with E-state index in [9.17, 15) is 14.4 Å². The summed E-state index contributed by atoms with van der Waals surface area (Å²) in [5.41, 5.74) is 1.60. The third-order valence-electron chi connectivity index (χ3n) is 3.48. The zero-order valence-electron chi connectivity index (χ0n) is 10.9. The van der Waals surface area contributed by atoms with E-state index in [1.165, 1.54) is 0 Å². The maximum atomic E-state index is 12.3. The number of imide groups is 1. The summed E-state index contributed by atoms with van der Waals surface area (Å²) in [6.45, 7) is -0.0138. The van der Waals surface area contributed by atoms with Crippen molar-refractivity contribution in [2.75, 3.05) is 0 Å².